The third kappa shape index (κ3) is 19.4. The number of fused-ring (bicyclic) bond motifs is 6. The van der Waals surface area contributed by atoms with Gasteiger partial charge >= 0.3 is 19.9 Å². The molecular formula is C66H92N7O27P. The van der Waals surface area contributed by atoms with Gasteiger partial charge in [-0.3, -0.25) is 33.2 Å². The summed E-state index contributed by atoms with van der Waals surface area (Å²) < 4.78 is 76.9. The second-order valence-corrected chi connectivity index (χ2v) is 26.9. The molecule has 0 aliphatic carbocycles. The number of nitrogens with one attached hydrogen (secondary N) is 5. The summed E-state index contributed by atoms with van der Waals surface area (Å²) >= 11 is 0. The van der Waals surface area contributed by atoms with Crippen LogP contribution in [0.5, 0.6) is 23.0 Å². The summed E-state index contributed by atoms with van der Waals surface area (Å²) in [6, 6.07) is 9.36. The molecule has 6 aliphatic rings. The number of rotatable bonds is 36. The van der Waals surface area contributed by atoms with E-state index in [2.05, 4.69) is 33.8 Å². The number of amides is 4. The van der Waals surface area contributed by atoms with Crippen molar-refractivity contribution in [2.24, 2.45) is 5.73 Å². The number of phenols is 2. The van der Waals surface area contributed by atoms with Crippen LogP contribution in [0, 0.1) is 0 Å². The number of Topliss-reactive ketones (excluding diaryl/α,β-unsaturated/α-hetero) is 1. The smallest absolute Gasteiger partial charge is 0.474 e. The number of hydrazine groups is 2. The average molecular weight is 1450 g/mol. The van der Waals surface area contributed by atoms with Gasteiger partial charge in [-0.15, -0.1) is 5.53 Å². The van der Waals surface area contributed by atoms with E-state index >= 15 is 0 Å². The highest BCUT2D eigenvalue weighted by Gasteiger charge is 2.58. The molecule has 0 saturated carbocycles. The number of nitrogens with two attached hydrogens (primary N) is 1. The van der Waals surface area contributed by atoms with Crippen molar-refractivity contribution in [2.75, 3.05) is 46.1 Å². The van der Waals surface area contributed by atoms with Crippen LogP contribution in [-0.2, 0) is 71.5 Å². The van der Waals surface area contributed by atoms with Crippen LogP contribution in [0.15, 0.2) is 66.5 Å². The van der Waals surface area contributed by atoms with E-state index in [9.17, 15) is 79.1 Å². The van der Waals surface area contributed by atoms with Crippen LogP contribution in [0.4, 0.5) is 4.79 Å². The molecule has 16 N–H and O–H groups in total. The minimum atomic E-state index is -5.28. The predicted octanol–water partition coefficient (Wildman–Crippen LogP) is 1.61. The van der Waals surface area contributed by atoms with Gasteiger partial charge in [0.2, 0.25) is 11.8 Å². The first-order chi connectivity index (χ1) is 48.4. The third-order valence-electron chi connectivity index (χ3n) is 18.0. The maximum Gasteiger partial charge on any atom is 0.474 e. The molecular weight excluding hydrogens is 1350 g/mol. The molecule has 0 aromatic heterocycles. The molecule has 7 unspecified atom stereocenters. The first-order valence-electron chi connectivity index (χ1n) is 33.8. The Morgan fingerprint density at radius 3 is 1.85 bits per heavy atom. The average Bonchev–Trinajstić information content (AvgIpc) is 1.60. The van der Waals surface area contributed by atoms with Crippen LogP contribution in [0.3, 0.4) is 0 Å². The Bertz CT molecular complexity index is 3390. The predicted molar refractivity (Wildman–Crippen MR) is 348 cm³/mol. The number of hydrogen-bond acceptors (Lipinski definition) is 29. The number of ether oxygens (including phenoxy) is 9. The highest BCUT2D eigenvalue weighted by atomic mass is 31.2. The SMILES string of the molecule is CCCCCCCCCCCCCCCCOCCOP(=O)(O)O[C@H]1OC(C(C)=O)[C@@H](O)[C@H](OC(N)=O)C1O[C@@H]1OC(CO)[C@@H](O[C@@H]2OC(CO)[C@H](O)[C@H](O)C2NC(=O)CN2C=C(CNC(=O)c3ccc4c(c3)C(=O)OC43c4ccc(O)cc4Oc4cc(O)ccc43)NN2)[C@H](O)C1NC(C)=O. The maximum atomic E-state index is 13.9. The van der Waals surface area contributed by atoms with Crippen LogP contribution >= 0.6 is 7.82 Å². The Morgan fingerprint density at radius 1 is 0.673 bits per heavy atom. The van der Waals surface area contributed by atoms with Crippen LogP contribution in [0.2, 0.25) is 0 Å². The van der Waals surface area contributed by atoms with E-state index in [1.165, 1.54) is 105 Å². The second kappa shape index (κ2) is 35.8. The van der Waals surface area contributed by atoms with Crippen molar-refractivity contribution in [3.05, 3.63) is 94.3 Å². The van der Waals surface area contributed by atoms with Crippen molar-refractivity contribution < 1.29 is 131 Å². The van der Waals surface area contributed by atoms with Gasteiger partial charge in [0.15, 0.2) is 42.5 Å². The van der Waals surface area contributed by atoms with E-state index in [1.807, 2.05) is 0 Å². The molecule has 4 amide bonds. The van der Waals surface area contributed by atoms with Gasteiger partial charge in [-0.05, 0) is 49.7 Å². The van der Waals surface area contributed by atoms with Crippen LogP contribution in [0.25, 0.3) is 0 Å². The first-order valence-corrected chi connectivity index (χ1v) is 35.3. The maximum absolute atomic E-state index is 13.9. The minimum absolute atomic E-state index is 0.0556. The number of unbranched alkanes of at least 4 members (excludes halogenated alkanes) is 13. The summed E-state index contributed by atoms with van der Waals surface area (Å²) in [5.41, 5.74) is 10.9. The fourth-order valence-electron chi connectivity index (χ4n) is 13.0. The number of phenolic OH excluding ortho intramolecular Hbond substituents is 2. The molecule has 1 spiro atoms. The molecule has 558 valence electrons. The highest BCUT2D eigenvalue weighted by molar-refractivity contribution is 7.47. The summed E-state index contributed by atoms with van der Waals surface area (Å²) in [4.78, 5) is 90.3. The summed E-state index contributed by atoms with van der Waals surface area (Å²) in [6.45, 7) is 1.13. The van der Waals surface area contributed by atoms with Gasteiger partial charge in [0.05, 0.1) is 44.2 Å². The van der Waals surface area contributed by atoms with Gasteiger partial charge in [0.1, 0.15) is 90.5 Å². The molecule has 0 bridgehead atoms. The van der Waals surface area contributed by atoms with Gasteiger partial charge in [-0.1, -0.05) is 96.5 Å². The summed E-state index contributed by atoms with van der Waals surface area (Å²) in [5, 5.41) is 96.5. The Hall–Kier alpha value is -7.19. The molecule has 6 heterocycles. The van der Waals surface area contributed by atoms with Gasteiger partial charge in [-0.25, -0.2) is 14.2 Å². The quantitative estimate of drug-likeness (QED) is 0.0223. The molecule has 3 aromatic carbocycles. The lowest BCUT2D eigenvalue weighted by Crippen LogP contribution is -2.70. The highest BCUT2D eigenvalue weighted by Crippen LogP contribution is 2.57. The minimum Gasteiger partial charge on any atom is -0.508 e. The molecule has 9 rings (SSSR count). The number of carbonyl (C=O) groups is 6. The van der Waals surface area contributed by atoms with E-state index in [0.29, 0.717) is 29.0 Å². The monoisotopic (exact) mass is 1450 g/mol. The topological polar surface area (TPSA) is 492 Å². The molecule has 34 nitrogen and oxygen atoms in total. The number of phosphoric acid groups is 1. The summed E-state index contributed by atoms with van der Waals surface area (Å²) in [5.74, 6) is -3.97. The van der Waals surface area contributed by atoms with Crippen molar-refractivity contribution in [1.29, 1.82) is 0 Å². The van der Waals surface area contributed by atoms with Crippen molar-refractivity contribution in [3.8, 4) is 23.0 Å². The van der Waals surface area contributed by atoms with Gasteiger partial charge in [-0.2, -0.15) is 0 Å². The number of phosphoric ester groups is 1. The number of carbonyl (C=O) groups excluding carboxylic acids is 6. The molecule has 3 fully saturated rings. The van der Waals surface area contributed by atoms with Crippen molar-refractivity contribution in [3.63, 3.8) is 0 Å². The number of aromatic hydroxyl groups is 2. The molecule has 16 atom stereocenters. The van der Waals surface area contributed by atoms with E-state index in [1.54, 1.807) is 18.2 Å². The lowest BCUT2D eigenvalue weighted by molar-refractivity contribution is -0.357. The number of primary amides is 1. The Labute approximate surface area is 581 Å². The molecule has 101 heavy (non-hydrogen) atoms. The van der Waals surface area contributed by atoms with E-state index < -0.39 is 167 Å². The second-order valence-electron chi connectivity index (χ2n) is 25.5. The zero-order valence-electron chi connectivity index (χ0n) is 56.1. The largest absolute Gasteiger partial charge is 0.508 e. The Balaban J connectivity index is 0.809. The Morgan fingerprint density at radius 2 is 1.26 bits per heavy atom. The number of aliphatic hydroxyl groups excluding tert-OH is 6. The van der Waals surface area contributed by atoms with Crippen LogP contribution in [-0.4, -0.2) is 224 Å². The number of ketones is 1. The number of benzene rings is 3. The van der Waals surface area contributed by atoms with Crippen LogP contribution < -0.4 is 37.4 Å². The zero-order chi connectivity index (χ0) is 72.7. The van der Waals surface area contributed by atoms with Gasteiger partial charge < -0.3 is 115 Å². The fourth-order valence-corrected chi connectivity index (χ4v) is 13.8. The third-order valence-corrected chi connectivity index (χ3v) is 19.0. The molecule has 0 radical (unpaired) electrons. The molecule has 3 saturated heterocycles. The zero-order valence-corrected chi connectivity index (χ0v) is 57.0. The first kappa shape index (κ1) is 78.0. The van der Waals surface area contributed by atoms with Crippen molar-refractivity contribution in [2.45, 2.75) is 208 Å². The standard InChI is InChI=1S/C66H92N7O27P/c1-4-5-6-7-8-9-10-11-12-13-14-15-16-17-24-90-25-26-91-101(88,89)100-64-59(58(98-65(67)87)55(84)56(95-64)35(2)76)97-63-51(69-36(3)77)54(83)57(48(34-75)94-63)96-62-50(53(82)52(81)47(33-74)93-62)70-49(80)32-73-31-38(71-72-73)30-68-60(85)37-18-21-42-41(27-37)61(86)99-66(42)43-22-19-39(78)28-45(43)92-46-29-40(79)20-23-44(46)66/h18-23,27-29,31,47-48,50-59,62-64,71-72,74-75,78-79,81-84H,4-17,24-26,30,32-34H2,1-3H3,(H2,67,87)(H,68,85)(H,69,77)(H,70,80)(H,88,89)/t47?,48?,50?,51?,52-,53+,54+,55+,56?,57+,58-,59?,62-,63-,64+/m0/s1. The number of aliphatic hydroxyl groups is 6. The van der Waals surface area contributed by atoms with E-state index in [0.717, 1.165) is 46.0 Å². The molecule has 35 heteroatoms. The molecule has 3 aromatic rings. The summed E-state index contributed by atoms with van der Waals surface area (Å²) in [6.07, 6.45) is -9.64. The van der Waals surface area contributed by atoms with Gasteiger partial charge in [0, 0.05) is 54.1 Å². The summed E-state index contributed by atoms with van der Waals surface area (Å²) in [7, 11) is -5.28. The number of hydrogen-bond donors (Lipinski definition) is 15. The Kier molecular flexibility index (Phi) is 27.6. The number of nitrogens with zero attached hydrogens (tertiary/aromatic N) is 1. The van der Waals surface area contributed by atoms with Crippen molar-refractivity contribution in [1.82, 2.24) is 31.9 Å². The lowest BCUT2D eigenvalue weighted by Gasteiger charge is -2.49. The van der Waals surface area contributed by atoms with Gasteiger partial charge in [0.25, 0.3) is 5.91 Å². The lowest BCUT2D eigenvalue weighted by atomic mass is 9.77. The van der Waals surface area contributed by atoms with Crippen molar-refractivity contribution >= 4 is 43.4 Å². The van der Waals surface area contributed by atoms with Crippen LogP contribution in [0.1, 0.15) is 148 Å². The number of esters is 1. The fraction of sp³-hybridized carbons (Fsp3) is 0.606. The molecule has 6 aliphatic heterocycles. The van der Waals surface area contributed by atoms with E-state index in [4.69, 9.17) is 57.4 Å². The normalized spacial score (nSPS) is 27.7. The van der Waals surface area contributed by atoms with E-state index in [-0.39, 0.29) is 47.3 Å².